The van der Waals surface area contributed by atoms with E-state index < -0.39 is 0 Å². The second-order valence-corrected chi connectivity index (χ2v) is 6.65. The number of nitrogens with two attached hydrogens (primary N) is 1. The first-order valence-electron chi connectivity index (χ1n) is 6.62. The zero-order valence-corrected chi connectivity index (χ0v) is 11.8. The van der Waals surface area contributed by atoms with Crippen LogP contribution in [0.2, 0.25) is 0 Å². The van der Waals surface area contributed by atoms with Gasteiger partial charge in [-0.25, -0.2) is 0 Å². The summed E-state index contributed by atoms with van der Waals surface area (Å²) in [6, 6.07) is 5.00. The first-order chi connectivity index (χ1) is 8.15. The predicted octanol–water partition coefficient (Wildman–Crippen LogP) is 3.09. The van der Waals surface area contributed by atoms with E-state index in [4.69, 9.17) is 5.73 Å². The lowest BCUT2D eigenvalue weighted by molar-refractivity contribution is 0.166. The highest BCUT2D eigenvalue weighted by Gasteiger charge is 2.43. The lowest BCUT2D eigenvalue weighted by atomic mass is 10.0. The fourth-order valence-corrected chi connectivity index (χ4v) is 3.15. The fraction of sp³-hybridized carbons (Fsp3) is 0.714. The first kappa shape index (κ1) is 13.1. The Bertz CT molecular complexity index is 328. The van der Waals surface area contributed by atoms with E-state index >= 15 is 0 Å². The van der Waals surface area contributed by atoms with Crippen LogP contribution in [0.4, 0.5) is 0 Å². The molecule has 1 fully saturated rings. The lowest BCUT2D eigenvalue weighted by Crippen LogP contribution is -2.36. The molecular formula is C14H24N2S. The summed E-state index contributed by atoms with van der Waals surface area (Å²) in [5, 5.41) is 2.17. The van der Waals surface area contributed by atoms with E-state index in [-0.39, 0.29) is 0 Å². The van der Waals surface area contributed by atoms with E-state index in [1.165, 1.54) is 30.7 Å². The van der Waals surface area contributed by atoms with Crippen molar-refractivity contribution in [2.45, 2.75) is 45.7 Å². The molecule has 0 aliphatic heterocycles. The highest BCUT2D eigenvalue weighted by molar-refractivity contribution is 7.09. The molecule has 1 aliphatic carbocycles. The number of rotatable bonds is 7. The van der Waals surface area contributed by atoms with Gasteiger partial charge < -0.3 is 5.73 Å². The van der Waals surface area contributed by atoms with Crippen molar-refractivity contribution in [3.8, 4) is 0 Å². The minimum Gasteiger partial charge on any atom is -0.330 e. The fourth-order valence-electron chi connectivity index (χ4n) is 2.42. The van der Waals surface area contributed by atoms with Crippen molar-refractivity contribution in [1.82, 2.24) is 4.90 Å². The summed E-state index contributed by atoms with van der Waals surface area (Å²) in [5.41, 5.74) is 6.28. The van der Waals surface area contributed by atoms with Gasteiger partial charge in [-0.05, 0) is 56.5 Å². The largest absolute Gasteiger partial charge is 0.330 e. The van der Waals surface area contributed by atoms with Crippen molar-refractivity contribution >= 4 is 11.3 Å². The molecule has 0 amide bonds. The summed E-state index contributed by atoms with van der Waals surface area (Å²) in [6.45, 7) is 7.75. The van der Waals surface area contributed by atoms with Crippen LogP contribution >= 0.6 is 11.3 Å². The van der Waals surface area contributed by atoms with Crippen molar-refractivity contribution < 1.29 is 0 Å². The van der Waals surface area contributed by atoms with Crippen LogP contribution in [0, 0.1) is 5.41 Å². The molecular weight excluding hydrogens is 228 g/mol. The number of thiophene rings is 1. The first-order valence-corrected chi connectivity index (χ1v) is 7.50. The van der Waals surface area contributed by atoms with Gasteiger partial charge in [-0.1, -0.05) is 6.07 Å². The van der Waals surface area contributed by atoms with Crippen LogP contribution in [-0.2, 0) is 6.54 Å². The molecule has 1 aliphatic rings. The SMILES string of the molecule is CC(C)N(Cc1cccs1)CC1(CCN)CC1. The van der Waals surface area contributed by atoms with Gasteiger partial charge in [0.1, 0.15) is 0 Å². The van der Waals surface area contributed by atoms with Crippen LogP contribution in [0.25, 0.3) is 0 Å². The second kappa shape index (κ2) is 5.51. The quantitative estimate of drug-likeness (QED) is 0.808. The monoisotopic (exact) mass is 252 g/mol. The number of nitrogens with zero attached hydrogens (tertiary/aromatic N) is 1. The van der Waals surface area contributed by atoms with Crippen molar-refractivity contribution in [2.75, 3.05) is 13.1 Å². The van der Waals surface area contributed by atoms with Gasteiger partial charge in [0, 0.05) is 24.0 Å². The minimum atomic E-state index is 0.552. The molecule has 0 aromatic carbocycles. The van der Waals surface area contributed by atoms with Crippen LogP contribution in [0.5, 0.6) is 0 Å². The molecule has 1 saturated carbocycles. The maximum absolute atomic E-state index is 5.73. The van der Waals surface area contributed by atoms with Crippen molar-refractivity contribution in [3.05, 3.63) is 22.4 Å². The Labute approximate surface area is 109 Å². The van der Waals surface area contributed by atoms with E-state index in [0.717, 1.165) is 13.1 Å². The summed E-state index contributed by atoms with van der Waals surface area (Å²) in [5.74, 6) is 0. The molecule has 17 heavy (non-hydrogen) atoms. The molecule has 0 radical (unpaired) electrons. The van der Waals surface area contributed by atoms with E-state index in [1.807, 2.05) is 11.3 Å². The van der Waals surface area contributed by atoms with Crippen molar-refractivity contribution in [1.29, 1.82) is 0 Å². The van der Waals surface area contributed by atoms with E-state index in [0.29, 0.717) is 11.5 Å². The molecule has 2 N–H and O–H groups in total. The van der Waals surface area contributed by atoms with Gasteiger partial charge in [-0.3, -0.25) is 4.90 Å². The predicted molar refractivity (Wildman–Crippen MR) is 75.2 cm³/mol. The Hall–Kier alpha value is -0.380. The van der Waals surface area contributed by atoms with E-state index in [1.54, 1.807) is 0 Å². The van der Waals surface area contributed by atoms with E-state index in [9.17, 15) is 0 Å². The molecule has 1 aromatic rings. The van der Waals surface area contributed by atoms with Gasteiger partial charge in [0.25, 0.3) is 0 Å². The van der Waals surface area contributed by atoms with Gasteiger partial charge in [-0.15, -0.1) is 11.3 Å². The minimum absolute atomic E-state index is 0.552. The van der Waals surface area contributed by atoms with Crippen LogP contribution in [0.3, 0.4) is 0 Å². The third-order valence-corrected chi connectivity index (χ3v) is 4.70. The van der Waals surface area contributed by atoms with Gasteiger partial charge in [-0.2, -0.15) is 0 Å². The molecule has 0 atom stereocenters. The smallest absolute Gasteiger partial charge is 0.0330 e. The topological polar surface area (TPSA) is 29.3 Å². The van der Waals surface area contributed by atoms with Gasteiger partial charge in [0.05, 0.1) is 0 Å². The Kier molecular flexibility index (Phi) is 4.23. The number of hydrogen-bond acceptors (Lipinski definition) is 3. The van der Waals surface area contributed by atoms with Gasteiger partial charge in [0.15, 0.2) is 0 Å². The standard InChI is InChI=1S/C14H24N2S/c1-12(2)16(10-13-4-3-9-17-13)11-14(5-6-14)7-8-15/h3-4,9,12H,5-8,10-11,15H2,1-2H3. The molecule has 0 saturated heterocycles. The van der Waals surface area contributed by atoms with Crippen LogP contribution in [0.1, 0.15) is 38.0 Å². The molecule has 3 heteroatoms. The highest BCUT2D eigenvalue weighted by atomic mass is 32.1. The second-order valence-electron chi connectivity index (χ2n) is 5.62. The third kappa shape index (κ3) is 3.54. The Balaban J connectivity index is 1.93. The molecule has 2 rings (SSSR count). The van der Waals surface area contributed by atoms with Crippen molar-refractivity contribution in [3.63, 3.8) is 0 Å². The number of hydrogen-bond donors (Lipinski definition) is 1. The zero-order valence-electron chi connectivity index (χ0n) is 11.0. The molecule has 0 spiro atoms. The average molecular weight is 252 g/mol. The van der Waals surface area contributed by atoms with Crippen molar-refractivity contribution in [2.24, 2.45) is 11.1 Å². The summed E-state index contributed by atoms with van der Waals surface area (Å²) in [7, 11) is 0. The Morgan fingerprint density at radius 2 is 2.24 bits per heavy atom. The maximum Gasteiger partial charge on any atom is 0.0330 e. The highest BCUT2D eigenvalue weighted by Crippen LogP contribution is 2.49. The molecule has 1 heterocycles. The van der Waals surface area contributed by atoms with Crippen LogP contribution in [0.15, 0.2) is 17.5 Å². The summed E-state index contributed by atoms with van der Waals surface area (Å²) < 4.78 is 0. The third-order valence-electron chi connectivity index (χ3n) is 3.84. The average Bonchev–Trinajstić information content (AvgIpc) is 2.84. The normalized spacial score (nSPS) is 17.9. The molecule has 0 bridgehead atoms. The zero-order chi connectivity index (χ0) is 12.3. The molecule has 1 aromatic heterocycles. The van der Waals surface area contributed by atoms with Crippen LogP contribution < -0.4 is 5.73 Å². The van der Waals surface area contributed by atoms with Crippen LogP contribution in [-0.4, -0.2) is 24.0 Å². The summed E-state index contributed by atoms with van der Waals surface area (Å²) >= 11 is 1.86. The Morgan fingerprint density at radius 1 is 1.47 bits per heavy atom. The Morgan fingerprint density at radius 3 is 2.71 bits per heavy atom. The van der Waals surface area contributed by atoms with Gasteiger partial charge >= 0.3 is 0 Å². The van der Waals surface area contributed by atoms with E-state index in [2.05, 4.69) is 36.3 Å². The van der Waals surface area contributed by atoms with Gasteiger partial charge in [0.2, 0.25) is 0 Å². The molecule has 96 valence electrons. The summed E-state index contributed by atoms with van der Waals surface area (Å²) in [6.07, 6.45) is 3.94. The molecule has 0 unspecified atom stereocenters. The lowest BCUT2D eigenvalue weighted by Gasteiger charge is -2.30. The molecule has 2 nitrogen and oxygen atoms in total. The maximum atomic E-state index is 5.73. The summed E-state index contributed by atoms with van der Waals surface area (Å²) in [4.78, 5) is 4.08.